The highest BCUT2D eigenvalue weighted by atomic mass is 35.5. The zero-order valence-electron chi connectivity index (χ0n) is 9.63. The molecule has 1 aromatic carbocycles. The molecule has 0 saturated carbocycles. The summed E-state index contributed by atoms with van der Waals surface area (Å²) in [6, 6.07) is 5.06. The third kappa shape index (κ3) is 3.63. The Morgan fingerprint density at radius 1 is 1.38 bits per heavy atom. The standard InChI is InChI=1S/C12H16Cl2O2/c1-12(2,16-3)7-11(15)9-6-8(13)4-5-10(9)14/h4-6,11,15H,7H2,1-3H3. The van der Waals surface area contributed by atoms with Gasteiger partial charge in [-0.1, -0.05) is 23.2 Å². The number of benzene rings is 1. The van der Waals surface area contributed by atoms with Crippen molar-refractivity contribution in [3.63, 3.8) is 0 Å². The van der Waals surface area contributed by atoms with Crippen LogP contribution < -0.4 is 0 Å². The summed E-state index contributed by atoms with van der Waals surface area (Å²) in [6.45, 7) is 3.82. The highest BCUT2D eigenvalue weighted by Gasteiger charge is 2.23. The molecule has 0 saturated heterocycles. The predicted molar refractivity (Wildman–Crippen MR) is 67.1 cm³/mol. The van der Waals surface area contributed by atoms with E-state index >= 15 is 0 Å². The van der Waals surface area contributed by atoms with Crippen LogP contribution in [0.4, 0.5) is 0 Å². The fourth-order valence-corrected chi connectivity index (χ4v) is 1.85. The molecular weight excluding hydrogens is 247 g/mol. The van der Waals surface area contributed by atoms with Gasteiger partial charge in [-0.25, -0.2) is 0 Å². The van der Waals surface area contributed by atoms with Crippen LogP contribution in [0.25, 0.3) is 0 Å². The molecule has 16 heavy (non-hydrogen) atoms. The number of methoxy groups -OCH3 is 1. The molecular formula is C12H16Cl2O2. The number of aliphatic hydroxyl groups is 1. The lowest BCUT2D eigenvalue weighted by atomic mass is 9.96. The SMILES string of the molecule is COC(C)(C)CC(O)c1cc(Cl)ccc1Cl. The summed E-state index contributed by atoms with van der Waals surface area (Å²) in [7, 11) is 1.62. The van der Waals surface area contributed by atoms with Gasteiger partial charge in [-0.15, -0.1) is 0 Å². The molecule has 0 radical (unpaired) electrons. The Morgan fingerprint density at radius 2 is 2.00 bits per heavy atom. The number of hydrogen-bond acceptors (Lipinski definition) is 2. The summed E-state index contributed by atoms with van der Waals surface area (Å²) >= 11 is 11.9. The van der Waals surface area contributed by atoms with Crippen LogP contribution in [0.2, 0.25) is 10.0 Å². The van der Waals surface area contributed by atoms with Gasteiger partial charge in [-0.2, -0.15) is 0 Å². The van der Waals surface area contributed by atoms with Gasteiger partial charge < -0.3 is 9.84 Å². The van der Waals surface area contributed by atoms with Gasteiger partial charge in [0.1, 0.15) is 0 Å². The number of hydrogen-bond donors (Lipinski definition) is 1. The van der Waals surface area contributed by atoms with Crippen LogP contribution >= 0.6 is 23.2 Å². The Hall–Kier alpha value is -0.280. The second-order valence-electron chi connectivity index (χ2n) is 4.35. The predicted octanol–water partition coefficient (Wildman–Crippen LogP) is 3.84. The molecule has 1 unspecified atom stereocenters. The van der Waals surface area contributed by atoms with Crippen molar-refractivity contribution < 1.29 is 9.84 Å². The van der Waals surface area contributed by atoms with Crippen LogP contribution in [0.1, 0.15) is 31.9 Å². The van der Waals surface area contributed by atoms with Crippen molar-refractivity contribution in [1.82, 2.24) is 0 Å². The van der Waals surface area contributed by atoms with E-state index in [2.05, 4.69) is 0 Å². The zero-order valence-corrected chi connectivity index (χ0v) is 11.1. The Labute approximate surface area is 106 Å². The third-order valence-electron chi connectivity index (χ3n) is 2.55. The van der Waals surface area contributed by atoms with Gasteiger partial charge in [0.2, 0.25) is 0 Å². The van der Waals surface area contributed by atoms with Crippen molar-refractivity contribution >= 4 is 23.2 Å². The van der Waals surface area contributed by atoms with Crippen LogP contribution in [0.5, 0.6) is 0 Å². The van der Waals surface area contributed by atoms with Crippen molar-refractivity contribution in [2.45, 2.75) is 32.0 Å². The molecule has 0 heterocycles. The molecule has 0 spiro atoms. The molecule has 1 rings (SSSR count). The molecule has 1 atom stereocenters. The Morgan fingerprint density at radius 3 is 2.56 bits per heavy atom. The summed E-state index contributed by atoms with van der Waals surface area (Å²) in [4.78, 5) is 0. The maximum atomic E-state index is 10.1. The van der Waals surface area contributed by atoms with Crippen molar-refractivity contribution in [3.05, 3.63) is 33.8 Å². The highest BCUT2D eigenvalue weighted by Crippen LogP contribution is 2.32. The van der Waals surface area contributed by atoms with Crippen LogP contribution in [0.3, 0.4) is 0 Å². The molecule has 0 aliphatic carbocycles. The topological polar surface area (TPSA) is 29.5 Å². The van der Waals surface area contributed by atoms with Gasteiger partial charge in [-0.05, 0) is 32.0 Å². The largest absolute Gasteiger partial charge is 0.388 e. The van der Waals surface area contributed by atoms with E-state index in [0.717, 1.165) is 0 Å². The fraction of sp³-hybridized carbons (Fsp3) is 0.500. The van der Waals surface area contributed by atoms with Crippen LogP contribution in [0.15, 0.2) is 18.2 Å². The quantitative estimate of drug-likeness (QED) is 0.894. The van der Waals surface area contributed by atoms with Gasteiger partial charge >= 0.3 is 0 Å². The first-order chi connectivity index (χ1) is 7.35. The molecule has 0 aliphatic rings. The van der Waals surface area contributed by atoms with Crippen LogP contribution in [0, 0.1) is 0 Å². The van der Waals surface area contributed by atoms with E-state index in [1.807, 2.05) is 13.8 Å². The molecule has 0 bridgehead atoms. The minimum absolute atomic E-state index is 0.398. The first-order valence-corrected chi connectivity index (χ1v) is 5.79. The molecule has 2 nitrogen and oxygen atoms in total. The molecule has 1 N–H and O–H groups in total. The van der Waals surface area contributed by atoms with E-state index in [0.29, 0.717) is 22.0 Å². The van der Waals surface area contributed by atoms with E-state index in [1.165, 1.54) is 0 Å². The van der Waals surface area contributed by atoms with Crippen molar-refractivity contribution in [2.75, 3.05) is 7.11 Å². The Bertz CT molecular complexity index is 364. The smallest absolute Gasteiger partial charge is 0.0832 e. The molecule has 1 aromatic rings. The van der Waals surface area contributed by atoms with E-state index < -0.39 is 11.7 Å². The lowest BCUT2D eigenvalue weighted by Gasteiger charge is -2.26. The van der Waals surface area contributed by atoms with E-state index in [1.54, 1.807) is 25.3 Å². The molecule has 0 fully saturated rings. The van der Waals surface area contributed by atoms with Crippen molar-refractivity contribution in [2.24, 2.45) is 0 Å². The van der Waals surface area contributed by atoms with Crippen molar-refractivity contribution in [3.8, 4) is 0 Å². The molecule has 0 amide bonds. The fourth-order valence-electron chi connectivity index (χ4n) is 1.43. The zero-order chi connectivity index (χ0) is 12.3. The van der Waals surface area contributed by atoms with E-state index in [9.17, 15) is 5.11 Å². The number of rotatable bonds is 4. The van der Waals surface area contributed by atoms with Crippen molar-refractivity contribution in [1.29, 1.82) is 0 Å². The maximum absolute atomic E-state index is 10.1. The summed E-state index contributed by atoms with van der Waals surface area (Å²) in [5.41, 5.74) is 0.240. The maximum Gasteiger partial charge on any atom is 0.0832 e. The first-order valence-electron chi connectivity index (χ1n) is 5.04. The number of aliphatic hydroxyl groups excluding tert-OH is 1. The Kier molecular flexibility index (Phi) is 4.62. The third-order valence-corrected chi connectivity index (χ3v) is 3.13. The van der Waals surface area contributed by atoms with Gasteiger partial charge in [0.05, 0.1) is 11.7 Å². The van der Waals surface area contributed by atoms with E-state index in [-0.39, 0.29) is 0 Å². The lowest BCUT2D eigenvalue weighted by Crippen LogP contribution is -2.25. The minimum Gasteiger partial charge on any atom is -0.388 e. The monoisotopic (exact) mass is 262 g/mol. The van der Waals surface area contributed by atoms with Gasteiger partial charge in [0, 0.05) is 29.1 Å². The number of halogens is 2. The summed E-state index contributed by atoms with van der Waals surface area (Å²) in [5, 5.41) is 11.2. The van der Waals surface area contributed by atoms with Gasteiger partial charge in [0.15, 0.2) is 0 Å². The average Bonchev–Trinajstić information content (AvgIpc) is 2.21. The molecule has 4 heteroatoms. The highest BCUT2D eigenvalue weighted by molar-refractivity contribution is 6.33. The molecule has 0 aromatic heterocycles. The normalized spacial score (nSPS) is 13.9. The van der Waals surface area contributed by atoms with Gasteiger partial charge in [0.25, 0.3) is 0 Å². The molecule has 90 valence electrons. The van der Waals surface area contributed by atoms with E-state index in [4.69, 9.17) is 27.9 Å². The van der Waals surface area contributed by atoms with Crippen LogP contribution in [-0.4, -0.2) is 17.8 Å². The number of ether oxygens (including phenoxy) is 1. The second kappa shape index (κ2) is 5.37. The summed E-state index contributed by atoms with van der Waals surface area (Å²) < 4.78 is 5.26. The molecule has 0 aliphatic heterocycles. The van der Waals surface area contributed by atoms with Crippen LogP contribution in [-0.2, 0) is 4.74 Å². The lowest BCUT2D eigenvalue weighted by molar-refractivity contribution is -0.0200. The Balaban J connectivity index is 2.88. The summed E-state index contributed by atoms with van der Waals surface area (Å²) in [6.07, 6.45) is -0.218. The second-order valence-corrected chi connectivity index (χ2v) is 5.19. The minimum atomic E-state index is -0.679. The summed E-state index contributed by atoms with van der Waals surface area (Å²) in [5.74, 6) is 0. The van der Waals surface area contributed by atoms with Gasteiger partial charge in [-0.3, -0.25) is 0 Å². The average molecular weight is 263 g/mol. The first kappa shape index (κ1) is 13.8.